The van der Waals surface area contributed by atoms with E-state index >= 15 is 0 Å². The molecule has 0 saturated heterocycles. The van der Waals surface area contributed by atoms with Crippen molar-refractivity contribution < 1.29 is 77.2 Å². The van der Waals surface area contributed by atoms with Crippen molar-refractivity contribution in [1.82, 2.24) is 0 Å². The standard InChI is InChI=1S/2C17H24P.2C10H15.2ClH.2Zr/c2*1-5-13(3)18(14(4)6-2)17-11-15-9-7-8-10-16(15)12-17;2*1-7-6-10(4,5)9(3)8(7)2;;;;/h2*7-14H,5-6H2,1-4H3;2*1-5H3;2*1H;;/q4*-1;;;2*+2/p-2. The Bertz CT molecular complexity index is 1780. The summed E-state index contributed by atoms with van der Waals surface area (Å²) in [5.41, 5.74) is 12.1. The number of allylic oxidation sites excluding steroid dienone is 8. The van der Waals surface area contributed by atoms with E-state index in [2.05, 4.69) is 210 Å². The number of halogens is 2. The molecule has 4 aromatic carbocycles. The van der Waals surface area contributed by atoms with Crippen LogP contribution in [0.5, 0.6) is 0 Å². The summed E-state index contributed by atoms with van der Waals surface area (Å²) in [7, 11) is -0.0504. The van der Waals surface area contributed by atoms with Gasteiger partial charge in [-0.2, -0.15) is 34.4 Å². The molecule has 328 valence electrons. The second-order valence-electron chi connectivity index (χ2n) is 17.8. The molecule has 4 aromatic rings. The van der Waals surface area contributed by atoms with Gasteiger partial charge in [-0.15, -0.1) is 94.5 Å². The van der Waals surface area contributed by atoms with E-state index in [1.54, 1.807) is 10.6 Å². The van der Waals surface area contributed by atoms with Gasteiger partial charge in [-0.25, -0.2) is 11.1 Å². The van der Waals surface area contributed by atoms with Gasteiger partial charge >= 0.3 is 52.4 Å². The molecule has 6 heteroatoms. The fourth-order valence-corrected chi connectivity index (χ4v) is 14.6. The van der Waals surface area contributed by atoms with Gasteiger partial charge in [-0.1, -0.05) is 150 Å². The van der Waals surface area contributed by atoms with Crippen LogP contribution in [0.1, 0.15) is 150 Å². The van der Waals surface area contributed by atoms with Crippen LogP contribution in [0.25, 0.3) is 21.5 Å². The average molecular weight is 1040 g/mol. The SMILES string of the molecule is CC1=[C-]C(C)(C)C(C)=C1C.CC1=[C-]C(C)(C)C(C)=C1C.CCC(C)P(c1cc2ccccc2[cH-]1)C(C)CC.CCC(C)P(c1cc2ccccc2[cH-]1)C(C)CC.[Cl-].[Cl-].[Zr+2].[Zr+2]. The molecule has 0 amide bonds. The zero-order valence-corrected chi connectivity index (χ0v) is 48.9. The second kappa shape index (κ2) is 28.0. The first kappa shape index (κ1) is 61.9. The molecule has 0 saturated carbocycles. The largest absolute Gasteiger partial charge is 2.00 e. The average Bonchev–Trinajstić information content (AvgIpc) is 3.88. The Morgan fingerprint density at radius 2 is 0.767 bits per heavy atom. The maximum absolute atomic E-state index is 3.44. The third-order valence-electron chi connectivity index (χ3n) is 13.2. The smallest absolute Gasteiger partial charge is 1.00 e. The molecule has 0 nitrogen and oxygen atoms in total. The first-order valence-electron chi connectivity index (χ1n) is 21.7. The molecule has 2 aliphatic carbocycles. The zero-order chi connectivity index (χ0) is 42.1. The van der Waals surface area contributed by atoms with Crippen molar-refractivity contribution in [2.24, 2.45) is 10.8 Å². The van der Waals surface area contributed by atoms with E-state index < -0.39 is 0 Å². The van der Waals surface area contributed by atoms with Crippen LogP contribution in [0, 0.1) is 23.0 Å². The molecule has 6 rings (SSSR count). The molecule has 0 fully saturated rings. The summed E-state index contributed by atoms with van der Waals surface area (Å²) in [5, 5.41) is 8.85. The van der Waals surface area contributed by atoms with E-state index in [9.17, 15) is 0 Å². The van der Waals surface area contributed by atoms with Crippen LogP contribution < -0.4 is 35.4 Å². The van der Waals surface area contributed by atoms with Gasteiger partial charge in [0.25, 0.3) is 0 Å². The minimum absolute atomic E-state index is 0. The molecule has 0 heterocycles. The van der Waals surface area contributed by atoms with Gasteiger partial charge in [0.1, 0.15) is 0 Å². The van der Waals surface area contributed by atoms with E-state index in [1.807, 2.05) is 0 Å². The predicted molar refractivity (Wildman–Crippen MR) is 260 cm³/mol. The van der Waals surface area contributed by atoms with Gasteiger partial charge in [0.05, 0.1) is 0 Å². The first-order valence-corrected chi connectivity index (χ1v) is 24.7. The van der Waals surface area contributed by atoms with Gasteiger partial charge in [0.15, 0.2) is 0 Å². The molecule has 0 aromatic heterocycles. The van der Waals surface area contributed by atoms with Gasteiger partial charge in [-0.3, -0.25) is 12.2 Å². The van der Waals surface area contributed by atoms with E-state index in [1.165, 1.54) is 80.7 Å². The number of hydrogen-bond donors (Lipinski definition) is 0. The Labute approximate surface area is 423 Å². The van der Waals surface area contributed by atoms with Crippen molar-refractivity contribution >= 4 is 48.0 Å². The maximum atomic E-state index is 3.44. The van der Waals surface area contributed by atoms with Crippen LogP contribution in [0.3, 0.4) is 0 Å². The van der Waals surface area contributed by atoms with Crippen LogP contribution in [0.4, 0.5) is 0 Å². The molecule has 0 radical (unpaired) electrons. The van der Waals surface area contributed by atoms with Gasteiger partial charge < -0.3 is 24.8 Å². The van der Waals surface area contributed by atoms with Crippen molar-refractivity contribution in [2.75, 3.05) is 0 Å². The fraction of sp³-hybridized carbons (Fsp3) is 0.519. The van der Waals surface area contributed by atoms with Crippen LogP contribution in [0.15, 0.2) is 106 Å². The molecular formula is C54H78Cl2P2Zr2-2. The predicted octanol–water partition coefficient (Wildman–Crippen LogP) is 10.8. The Balaban J connectivity index is 0. The third-order valence-corrected chi connectivity index (χ3v) is 20.2. The van der Waals surface area contributed by atoms with E-state index in [-0.39, 0.29) is 104 Å². The molecule has 0 bridgehead atoms. The molecule has 0 N–H and O–H groups in total. The maximum Gasteiger partial charge on any atom is 2.00 e. The molecule has 0 spiro atoms. The Hall–Kier alpha value is -0.174. The zero-order valence-electron chi connectivity index (χ0n) is 40.7. The number of benzene rings is 2. The van der Waals surface area contributed by atoms with Crippen LogP contribution in [-0.2, 0) is 52.4 Å². The number of rotatable bonds is 10. The van der Waals surface area contributed by atoms with Crippen LogP contribution in [-0.4, -0.2) is 22.6 Å². The van der Waals surface area contributed by atoms with Gasteiger partial charge in [0.2, 0.25) is 0 Å². The minimum atomic E-state index is -0.0252. The molecule has 4 unspecified atom stereocenters. The van der Waals surface area contributed by atoms with Gasteiger partial charge in [-0.05, 0) is 48.3 Å². The van der Waals surface area contributed by atoms with E-state index in [0.29, 0.717) is 0 Å². The van der Waals surface area contributed by atoms with Crippen molar-refractivity contribution in [3.05, 3.63) is 118 Å². The minimum Gasteiger partial charge on any atom is -1.00 e. The van der Waals surface area contributed by atoms with E-state index in [4.69, 9.17) is 0 Å². The Morgan fingerprint density at radius 1 is 0.500 bits per heavy atom. The molecular weight excluding hydrogens is 964 g/mol. The van der Waals surface area contributed by atoms with Crippen molar-refractivity contribution in [2.45, 2.75) is 173 Å². The Kier molecular flexibility index (Phi) is 28.9. The fourth-order valence-electron chi connectivity index (χ4n) is 8.05. The second-order valence-corrected chi connectivity index (χ2v) is 24.0. The monoisotopic (exact) mass is 1040 g/mol. The quantitative estimate of drug-likeness (QED) is 0.110. The third kappa shape index (κ3) is 16.1. The molecule has 60 heavy (non-hydrogen) atoms. The summed E-state index contributed by atoms with van der Waals surface area (Å²) in [4.78, 5) is 0. The van der Waals surface area contributed by atoms with Crippen LogP contribution >= 0.6 is 15.8 Å². The first-order chi connectivity index (χ1) is 26.2. The summed E-state index contributed by atoms with van der Waals surface area (Å²) >= 11 is 0. The number of hydrogen-bond acceptors (Lipinski definition) is 0. The Morgan fingerprint density at radius 3 is 0.950 bits per heavy atom. The summed E-state index contributed by atoms with van der Waals surface area (Å²) in [5.74, 6) is 0. The van der Waals surface area contributed by atoms with Crippen molar-refractivity contribution in [3.63, 3.8) is 0 Å². The topological polar surface area (TPSA) is 0 Å². The van der Waals surface area contributed by atoms with Crippen LogP contribution in [0.2, 0.25) is 0 Å². The van der Waals surface area contributed by atoms with Crippen molar-refractivity contribution in [1.29, 1.82) is 0 Å². The number of fused-ring (bicyclic) bond motifs is 2. The van der Waals surface area contributed by atoms with E-state index in [0.717, 1.165) is 22.6 Å². The summed E-state index contributed by atoms with van der Waals surface area (Å²) in [6.07, 6.45) is 12.0. The molecule has 0 aliphatic heterocycles. The molecule has 4 atom stereocenters. The normalized spacial score (nSPS) is 17.8. The summed E-state index contributed by atoms with van der Waals surface area (Å²) in [6, 6.07) is 27.2. The van der Waals surface area contributed by atoms with Gasteiger partial charge in [0, 0.05) is 0 Å². The summed E-state index contributed by atoms with van der Waals surface area (Å²) in [6.45, 7) is 40.8. The summed E-state index contributed by atoms with van der Waals surface area (Å²) < 4.78 is 0. The van der Waals surface area contributed by atoms with Crippen molar-refractivity contribution in [3.8, 4) is 0 Å². The molecule has 2 aliphatic rings.